The highest BCUT2D eigenvalue weighted by Gasteiger charge is 2.19. The zero-order valence-corrected chi connectivity index (χ0v) is 17.6. The Labute approximate surface area is 181 Å². The molecule has 1 unspecified atom stereocenters. The van der Waals surface area contributed by atoms with Gasteiger partial charge in [-0.1, -0.05) is 42.5 Å². The van der Waals surface area contributed by atoms with Crippen LogP contribution in [0, 0.1) is 0 Å². The molecule has 0 bridgehead atoms. The lowest BCUT2D eigenvalue weighted by molar-refractivity contribution is 0.0742. The van der Waals surface area contributed by atoms with Crippen LogP contribution in [0.4, 0.5) is 0 Å². The molecule has 6 heteroatoms. The summed E-state index contributed by atoms with van der Waals surface area (Å²) < 4.78 is 7.51. The third kappa shape index (κ3) is 4.80. The fraction of sp³-hybridized carbons (Fsp3) is 0.160. The van der Waals surface area contributed by atoms with Gasteiger partial charge in [0.25, 0.3) is 5.91 Å². The number of amides is 1. The third-order valence-corrected chi connectivity index (χ3v) is 5.31. The van der Waals surface area contributed by atoms with Gasteiger partial charge >= 0.3 is 0 Å². The number of hydrogen-bond donors (Lipinski definition) is 0. The lowest BCUT2D eigenvalue weighted by Gasteiger charge is -2.25. The smallest absolute Gasteiger partial charge is 0.254 e. The van der Waals surface area contributed by atoms with Gasteiger partial charge in [-0.05, 0) is 54.4 Å². The van der Waals surface area contributed by atoms with Gasteiger partial charge in [-0.15, -0.1) is 0 Å². The molecule has 4 aromatic rings. The first kappa shape index (κ1) is 20.3. The van der Waals surface area contributed by atoms with Crippen molar-refractivity contribution >= 4 is 5.91 Å². The summed E-state index contributed by atoms with van der Waals surface area (Å²) >= 11 is 0. The van der Waals surface area contributed by atoms with Crippen molar-refractivity contribution in [3.05, 3.63) is 108 Å². The number of carbonyl (C=O) groups is 1. The average Bonchev–Trinajstić information content (AvgIpc) is 3.37. The van der Waals surface area contributed by atoms with Gasteiger partial charge in [0, 0.05) is 12.6 Å². The number of benzene rings is 3. The highest BCUT2D eigenvalue weighted by atomic mass is 16.5. The van der Waals surface area contributed by atoms with Crippen molar-refractivity contribution in [3.63, 3.8) is 0 Å². The molecule has 1 aromatic heterocycles. The molecule has 0 N–H and O–H groups in total. The first-order valence-electron chi connectivity index (χ1n) is 10.1. The minimum absolute atomic E-state index is 0.0394. The van der Waals surface area contributed by atoms with Gasteiger partial charge in [0.2, 0.25) is 0 Å². The maximum atomic E-state index is 13.0. The van der Waals surface area contributed by atoms with E-state index in [0.29, 0.717) is 12.2 Å². The summed E-state index contributed by atoms with van der Waals surface area (Å²) in [5, 5.41) is 4.13. The van der Waals surface area contributed by atoms with Gasteiger partial charge in [0.15, 0.2) is 0 Å². The molecule has 1 atom stereocenters. The van der Waals surface area contributed by atoms with Crippen LogP contribution in [0.1, 0.15) is 34.5 Å². The summed E-state index contributed by atoms with van der Waals surface area (Å²) in [4.78, 5) is 18.7. The van der Waals surface area contributed by atoms with Gasteiger partial charge in [-0.2, -0.15) is 5.10 Å². The first-order chi connectivity index (χ1) is 15.1. The first-order valence-corrected chi connectivity index (χ1v) is 10.1. The van der Waals surface area contributed by atoms with E-state index in [1.54, 1.807) is 28.0 Å². The van der Waals surface area contributed by atoms with Crippen molar-refractivity contribution in [1.29, 1.82) is 0 Å². The molecule has 0 saturated carbocycles. The lowest BCUT2D eigenvalue weighted by Crippen LogP contribution is -2.29. The number of hydrogen-bond acceptors (Lipinski definition) is 4. The molecule has 6 nitrogen and oxygen atoms in total. The second-order valence-corrected chi connectivity index (χ2v) is 7.32. The zero-order chi connectivity index (χ0) is 21.6. The predicted octanol–water partition coefficient (Wildman–Crippen LogP) is 4.68. The van der Waals surface area contributed by atoms with E-state index in [1.165, 1.54) is 6.33 Å². The Balaban J connectivity index is 1.38. The fourth-order valence-electron chi connectivity index (χ4n) is 3.28. The quantitative estimate of drug-likeness (QED) is 0.442. The van der Waals surface area contributed by atoms with Crippen LogP contribution >= 0.6 is 0 Å². The Morgan fingerprint density at radius 3 is 2.35 bits per heavy atom. The van der Waals surface area contributed by atoms with Gasteiger partial charge in [0.1, 0.15) is 25.0 Å². The van der Waals surface area contributed by atoms with Crippen molar-refractivity contribution in [3.8, 4) is 11.4 Å². The second-order valence-electron chi connectivity index (χ2n) is 7.32. The topological polar surface area (TPSA) is 60.2 Å². The average molecular weight is 412 g/mol. The molecule has 1 amide bonds. The van der Waals surface area contributed by atoms with Crippen molar-refractivity contribution < 1.29 is 9.53 Å². The van der Waals surface area contributed by atoms with E-state index < -0.39 is 0 Å². The molecule has 0 fully saturated rings. The van der Waals surface area contributed by atoms with Crippen molar-refractivity contribution in [1.82, 2.24) is 19.7 Å². The Hall–Kier alpha value is -3.93. The Morgan fingerprint density at radius 1 is 1.00 bits per heavy atom. The van der Waals surface area contributed by atoms with Crippen LogP contribution in [-0.2, 0) is 6.61 Å². The summed E-state index contributed by atoms with van der Waals surface area (Å²) in [6.07, 6.45) is 3.16. The van der Waals surface area contributed by atoms with Crippen LogP contribution < -0.4 is 4.74 Å². The molecule has 0 aliphatic heterocycles. The van der Waals surface area contributed by atoms with Crippen molar-refractivity contribution in [2.45, 2.75) is 19.6 Å². The maximum Gasteiger partial charge on any atom is 0.254 e. The largest absolute Gasteiger partial charge is 0.489 e. The number of carbonyl (C=O) groups excluding carboxylic acids is 1. The maximum absolute atomic E-state index is 13.0. The highest BCUT2D eigenvalue weighted by molar-refractivity contribution is 5.94. The van der Waals surface area contributed by atoms with Gasteiger partial charge in [-0.3, -0.25) is 4.79 Å². The summed E-state index contributed by atoms with van der Waals surface area (Å²) in [5.74, 6) is 0.697. The Kier molecular flexibility index (Phi) is 6.08. The molecule has 0 saturated heterocycles. The SMILES string of the molecule is CC(c1ccc(-n2cncn2)cc1)N(C)C(=O)c1ccc(OCc2ccccc2)cc1. The van der Waals surface area contributed by atoms with Gasteiger partial charge < -0.3 is 9.64 Å². The van der Waals surface area contributed by atoms with Crippen molar-refractivity contribution in [2.75, 3.05) is 7.05 Å². The van der Waals surface area contributed by atoms with E-state index in [9.17, 15) is 4.79 Å². The minimum Gasteiger partial charge on any atom is -0.489 e. The van der Waals surface area contributed by atoms with E-state index in [4.69, 9.17) is 4.74 Å². The highest BCUT2D eigenvalue weighted by Crippen LogP contribution is 2.23. The van der Waals surface area contributed by atoms with Crippen LogP contribution in [-0.4, -0.2) is 32.6 Å². The van der Waals surface area contributed by atoms with Crippen LogP contribution in [0.5, 0.6) is 5.75 Å². The molecule has 3 aromatic carbocycles. The summed E-state index contributed by atoms with van der Waals surface area (Å²) in [7, 11) is 1.82. The molecule has 31 heavy (non-hydrogen) atoms. The number of ether oxygens (including phenoxy) is 1. The van der Waals surface area contributed by atoms with Crippen LogP contribution in [0.15, 0.2) is 91.5 Å². The van der Waals surface area contributed by atoms with E-state index in [2.05, 4.69) is 10.1 Å². The van der Waals surface area contributed by atoms with E-state index in [-0.39, 0.29) is 11.9 Å². The molecule has 156 valence electrons. The van der Waals surface area contributed by atoms with Crippen LogP contribution in [0.25, 0.3) is 5.69 Å². The fourth-order valence-corrected chi connectivity index (χ4v) is 3.28. The van der Waals surface area contributed by atoms with E-state index in [0.717, 1.165) is 22.6 Å². The zero-order valence-electron chi connectivity index (χ0n) is 17.6. The molecule has 0 spiro atoms. The van der Waals surface area contributed by atoms with E-state index >= 15 is 0 Å². The Morgan fingerprint density at radius 2 is 1.71 bits per heavy atom. The minimum atomic E-state index is -0.0775. The normalized spacial score (nSPS) is 11.7. The molecular formula is C25H24N4O2. The predicted molar refractivity (Wildman–Crippen MR) is 119 cm³/mol. The standard InChI is InChI=1S/C25H24N4O2/c1-19(21-8-12-23(13-9-21)29-18-26-17-27-29)28(2)25(30)22-10-14-24(15-11-22)31-16-20-6-4-3-5-7-20/h3-15,17-19H,16H2,1-2H3. The third-order valence-electron chi connectivity index (χ3n) is 5.31. The summed E-state index contributed by atoms with van der Waals surface area (Å²) in [6.45, 7) is 2.51. The second kappa shape index (κ2) is 9.26. The Bertz CT molecular complexity index is 1110. The monoisotopic (exact) mass is 412 g/mol. The number of rotatable bonds is 7. The molecule has 0 aliphatic rings. The lowest BCUT2D eigenvalue weighted by atomic mass is 10.1. The molecule has 0 radical (unpaired) electrons. The van der Waals surface area contributed by atoms with E-state index in [1.807, 2.05) is 80.7 Å². The number of aromatic nitrogens is 3. The van der Waals surface area contributed by atoms with Crippen LogP contribution in [0.3, 0.4) is 0 Å². The van der Waals surface area contributed by atoms with Crippen molar-refractivity contribution in [2.24, 2.45) is 0 Å². The van der Waals surface area contributed by atoms with Crippen LogP contribution in [0.2, 0.25) is 0 Å². The van der Waals surface area contributed by atoms with Gasteiger partial charge in [-0.25, -0.2) is 9.67 Å². The molecule has 0 aliphatic carbocycles. The number of nitrogens with zero attached hydrogens (tertiary/aromatic N) is 4. The van der Waals surface area contributed by atoms with Gasteiger partial charge in [0.05, 0.1) is 11.7 Å². The summed E-state index contributed by atoms with van der Waals surface area (Å²) in [6, 6.07) is 25.1. The summed E-state index contributed by atoms with van der Waals surface area (Å²) in [5.41, 5.74) is 3.70. The molecule has 1 heterocycles. The molecular weight excluding hydrogens is 388 g/mol. The molecule has 4 rings (SSSR count).